The van der Waals surface area contributed by atoms with Crippen molar-refractivity contribution in [2.24, 2.45) is 5.73 Å². The second-order valence-corrected chi connectivity index (χ2v) is 4.99. The number of ether oxygens (including phenoxy) is 1. The zero-order chi connectivity index (χ0) is 9.84. The Morgan fingerprint density at radius 2 is 2.15 bits per heavy atom. The van der Waals surface area contributed by atoms with E-state index in [1.54, 1.807) is 0 Å². The third kappa shape index (κ3) is 3.18. The molecule has 0 aromatic carbocycles. The van der Waals surface area contributed by atoms with E-state index in [4.69, 9.17) is 18.3 Å². The van der Waals surface area contributed by atoms with Crippen molar-refractivity contribution >= 4 is 27.0 Å². The van der Waals surface area contributed by atoms with E-state index in [1.165, 1.54) is 0 Å². The Labute approximate surface area is 79.4 Å². The summed E-state index contributed by atoms with van der Waals surface area (Å²) in [4.78, 5) is 21.8. The van der Waals surface area contributed by atoms with Gasteiger partial charge >= 0.3 is 0 Å². The zero-order valence-corrected chi connectivity index (χ0v) is 8.13. The van der Waals surface area contributed by atoms with Crippen molar-refractivity contribution in [3.63, 3.8) is 0 Å². The highest BCUT2D eigenvalue weighted by Crippen LogP contribution is 2.45. The van der Waals surface area contributed by atoms with Crippen LogP contribution in [0.4, 0.5) is 0 Å². The predicted molar refractivity (Wildman–Crippen MR) is 50.7 cm³/mol. The molecule has 4 nitrogen and oxygen atoms in total. The topological polar surface area (TPSA) is 69.4 Å². The Morgan fingerprint density at radius 3 is 2.54 bits per heavy atom. The zero-order valence-electron chi connectivity index (χ0n) is 7.23. The maximum absolute atomic E-state index is 11.4. The fourth-order valence-electron chi connectivity index (χ4n) is 0.966. The highest BCUT2D eigenvalue weighted by Gasteiger charge is 2.29. The van der Waals surface area contributed by atoms with Crippen LogP contribution >= 0.6 is 7.92 Å². The number of hydrogen-bond donors (Lipinski definition) is 1. The molecule has 2 radical (unpaired) electrons. The normalized spacial score (nSPS) is 19.2. The molecule has 0 aromatic rings. The Kier molecular flexibility index (Phi) is 4.04. The van der Waals surface area contributed by atoms with E-state index in [2.05, 4.69) is 0 Å². The molecule has 0 aliphatic carbocycles. The van der Waals surface area contributed by atoms with E-state index in [9.17, 15) is 9.59 Å². The second-order valence-electron chi connectivity index (χ2n) is 2.95. The minimum absolute atomic E-state index is 0.0440. The first-order valence-corrected chi connectivity index (χ1v) is 5.73. The predicted octanol–water partition coefficient (Wildman–Crippen LogP) is -0.257. The highest BCUT2D eigenvalue weighted by atomic mass is 31.1. The fourth-order valence-corrected chi connectivity index (χ4v) is 2.18. The second kappa shape index (κ2) is 4.84. The summed E-state index contributed by atoms with van der Waals surface area (Å²) in [6.45, 7) is 0. The number of carbonyl (C=O) groups excluding carboxylic acids is 2. The van der Waals surface area contributed by atoms with Gasteiger partial charge in [0.1, 0.15) is 0 Å². The Balaban J connectivity index is 2.25. The molecule has 1 atom stereocenters. The molecule has 6 heteroatoms. The van der Waals surface area contributed by atoms with Crippen LogP contribution in [0.15, 0.2) is 0 Å². The van der Waals surface area contributed by atoms with Gasteiger partial charge in [-0.2, -0.15) is 0 Å². The van der Waals surface area contributed by atoms with Crippen LogP contribution in [-0.2, 0) is 14.3 Å². The molecular formula is C7H11BNO3P. The average Bonchev–Trinajstić information content (AvgIpc) is 1.96. The molecule has 0 amide bonds. The summed E-state index contributed by atoms with van der Waals surface area (Å²) in [6.07, 6.45) is 1.58. The lowest BCUT2D eigenvalue weighted by molar-refractivity contribution is -0.114. The first-order chi connectivity index (χ1) is 6.11. The number of nitrogens with two attached hydrogens (primary N) is 1. The standard InChI is InChI=1S/C7H11BNO3P/c8-6(10)2-1-5(9)7(11)13-3-12-4-13/h5H,1-4,9H2. The van der Waals surface area contributed by atoms with Gasteiger partial charge in [-0.1, -0.05) is 0 Å². The molecule has 0 saturated carbocycles. The van der Waals surface area contributed by atoms with Crippen LogP contribution in [0.2, 0.25) is 0 Å². The highest BCUT2D eigenvalue weighted by molar-refractivity contribution is 7.75. The molecule has 0 bridgehead atoms. The Morgan fingerprint density at radius 1 is 1.54 bits per heavy atom. The smallest absolute Gasteiger partial charge is 0.175 e. The minimum atomic E-state index is -0.667. The van der Waals surface area contributed by atoms with Gasteiger partial charge in [-0.3, -0.25) is 4.79 Å². The van der Waals surface area contributed by atoms with Gasteiger partial charge in [-0.05, 0) is 12.8 Å². The number of rotatable bonds is 5. The largest absolute Gasteiger partial charge is 0.371 e. The third-order valence-electron chi connectivity index (χ3n) is 1.82. The first kappa shape index (κ1) is 10.8. The molecule has 1 saturated heterocycles. The van der Waals surface area contributed by atoms with Crippen LogP contribution in [-0.4, -0.2) is 37.8 Å². The molecule has 1 heterocycles. The molecule has 1 rings (SSSR count). The summed E-state index contributed by atoms with van der Waals surface area (Å²) in [5.74, 6) is 0. The molecule has 0 aromatic heterocycles. The van der Waals surface area contributed by atoms with Crippen LogP contribution in [0.3, 0.4) is 0 Å². The van der Waals surface area contributed by atoms with Crippen molar-refractivity contribution in [1.29, 1.82) is 0 Å². The van der Waals surface area contributed by atoms with Crippen molar-refractivity contribution in [1.82, 2.24) is 0 Å². The van der Waals surface area contributed by atoms with Gasteiger partial charge in [0.05, 0.1) is 24.4 Å². The molecule has 13 heavy (non-hydrogen) atoms. The summed E-state index contributed by atoms with van der Waals surface area (Å²) in [5, 5.41) is 0. The fraction of sp³-hybridized carbons (Fsp3) is 0.714. The van der Waals surface area contributed by atoms with E-state index in [0.29, 0.717) is 19.1 Å². The number of hydrogen-bond acceptors (Lipinski definition) is 4. The number of carbonyl (C=O) groups is 2. The van der Waals surface area contributed by atoms with E-state index < -0.39 is 19.6 Å². The quantitative estimate of drug-likeness (QED) is 0.489. The van der Waals surface area contributed by atoms with Crippen molar-refractivity contribution in [2.75, 3.05) is 12.7 Å². The molecule has 2 N–H and O–H groups in total. The lowest BCUT2D eigenvalue weighted by Gasteiger charge is -2.27. The average molecular weight is 199 g/mol. The molecule has 0 spiro atoms. The summed E-state index contributed by atoms with van der Waals surface area (Å²) >= 11 is 0. The molecule has 1 aliphatic heterocycles. The van der Waals surface area contributed by atoms with Crippen molar-refractivity contribution in [2.45, 2.75) is 18.9 Å². The third-order valence-corrected chi connectivity index (χ3v) is 3.77. The van der Waals surface area contributed by atoms with Gasteiger partial charge in [0, 0.05) is 7.92 Å². The van der Waals surface area contributed by atoms with Crippen LogP contribution in [0.25, 0.3) is 0 Å². The SMILES string of the molecule is [B]C(=O)CCC(N)C(=O)P1COC1. The van der Waals surface area contributed by atoms with Gasteiger partial charge in [0.15, 0.2) is 13.4 Å². The van der Waals surface area contributed by atoms with Crippen molar-refractivity contribution in [3.05, 3.63) is 0 Å². The van der Waals surface area contributed by atoms with Gasteiger partial charge in [0.25, 0.3) is 0 Å². The maximum Gasteiger partial charge on any atom is 0.175 e. The molecule has 1 aliphatic rings. The van der Waals surface area contributed by atoms with Crippen LogP contribution in [0, 0.1) is 0 Å². The van der Waals surface area contributed by atoms with Crippen LogP contribution in [0.5, 0.6) is 0 Å². The lowest BCUT2D eigenvalue weighted by Crippen LogP contribution is -2.33. The van der Waals surface area contributed by atoms with E-state index in [0.717, 1.165) is 0 Å². The maximum atomic E-state index is 11.4. The van der Waals surface area contributed by atoms with Gasteiger partial charge < -0.3 is 15.3 Å². The van der Waals surface area contributed by atoms with Crippen LogP contribution in [0.1, 0.15) is 12.8 Å². The molecule has 70 valence electrons. The van der Waals surface area contributed by atoms with Crippen LogP contribution < -0.4 is 5.73 Å². The van der Waals surface area contributed by atoms with E-state index >= 15 is 0 Å². The van der Waals surface area contributed by atoms with E-state index in [-0.39, 0.29) is 11.9 Å². The summed E-state index contributed by atoms with van der Waals surface area (Å²) < 4.78 is 4.89. The van der Waals surface area contributed by atoms with Gasteiger partial charge in [-0.25, -0.2) is 0 Å². The van der Waals surface area contributed by atoms with Crippen molar-refractivity contribution in [3.8, 4) is 0 Å². The summed E-state index contributed by atoms with van der Waals surface area (Å²) in [6, 6.07) is -0.539. The Bertz CT molecular complexity index is 220. The summed E-state index contributed by atoms with van der Waals surface area (Å²) in [5.41, 5.74) is 5.21. The van der Waals surface area contributed by atoms with Gasteiger partial charge in [-0.15, -0.1) is 0 Å². The Hall–Kier alpha value is -0.245. The first-order valence-electron chi connectivity index (χ1n) is 4.01. The monoisotopic (exact) mass is 199 g/mol. The van der Waals surface area contributed by atoms with Crippen molar-refractivity contribution < 1.29 is 14.3 Å². The molecule has 1 unspecified atom stereocenters. The lowest BCUT2D eigenvalue weighted by atomic mass is 9.96. The van der Waals surface area contributed by atoms with E-state index in [1.807, 2.05) is 0 Å². The molecular weight excluding hydrogens is 188 g/mol. The summed E-state index contributed by atoms with van der Waals surface area (Å²) in [7, 11) is 4.27. The molecule has 1 fully saturated rings. The minimum Gasteiger partial charge on any atom is -0.371 e. The van der Waals surface area contributed by atoms with Gasteiger partial charge in [0.2, 0.25) is 0 Å².